The molecule has 4 N–H and O–H groups in total. The fourth-order valence-electron chi connectivity index (χ4n) is 1.99. The number of carbonyl (C=O) groups excluding carboxylic acids is 2. The van der Waals surface area contributed by atoms with E-state index >= 15 is 0 Å². The second-order valence-electron chi connectivity index (χ2n) is 5.35. The van der Waals surface area contributed by atoms with E-state index in [2.05, 4.69) is 20.6 Å². The van der Waals surface area contributed by atoms with Crippen molar-refractivity contribution < 1.29 is 18.6 Å². The molecule has 0 radical (unpaired) electrons. The number of nitrogens with one attached hydrogen (secondary N) is 2. The number of anilines is 1. The van der Waals surface area contributed by atoms with Crippen LogP contribution in [-0.2, 0) is 25.2 Å². The van der Waals surface area contributed by atoms with E-state index in [0.29, 0.717) is 43.1 Å². The number of carbonyl (C=O) groups is 2. The minimum atomic E-state index is -0.968. The molecule has 9 nitrogen and oxygen atoms in total. The zero-order valence-electron chi connectivity index (χ0n) is 15.6. The number of nitrogens with zero attached hydrogens (tertiary/aromatic N) is 2. The molecular formula is C16H28N5O4P. The van der Waals surface area contributed by atoms with Gasteiger partial charge in [-0.3, -0.25) is 9.59 Å². The summed E-state index contributed by atoms with van der Waals surface area (Å²) in [6, 6.07) is 0. The summed E-state index contributed by atoms with van der Waals surface area (Å²) in [4.78, 5) is 31.7. The lowest BCUT2D eigenvalue weighted by molar-refractivity contribution is -0.126. The molecule has 0 saturated carbocycles. The summed E-state index contributed by atoms with van der Waals surface area (Å²) in [6.45, 7) is 7.41. The summed E-state index contributed by atoms with van der Waals surface area (Å²) < 4.78 is 10.9. The minimum absolute atomic E-state index is 0.101. The van der Waals surface area contributed by atoms with Crippen molar-refractivity contribution >= 4 is 26.0 Å². The molecule has 0 bridgehead atoms. The summed E-state index contributed by atoms with van der Waals surface area (Å²) in [5.74, 6) is 0.509. The zero-order chi connectivity index (χ0) is 19.4. The average Bonchev–Trinajstić information content (AvgIpc) is 2.59. The van der Waals surface area contributed by atoms with E-state index in [1.165, 1.54) is 0 Å². The van der Waals surface area contributed by atoms with Gasteiger partial charge in [0.05, 0.1) is 13.2 Å². The predicted octanol–water partition coefficient (Wildman–Crippen LogP) is 1.26. The van der Waals surface area contributed by atoms with Crippen LogP contribution in [0.1, 0.15) is 38.1 Å². The lowest BCUT2D eigenvalue weighted by Gasteiger charge is -2.15. The lowest BCUT2D eigenvalue weighted by Crippen LogP contribution is -2.29. The second kappa shape index (κ2) is 12.5. The van der Waals surface area contributed by atoms with Crippen LogP contribution in [0.3, 0.4) is 0 Å². The SMILES string of the molecule is CCOP(CCNC(=O)CCC(=O)NCc1cnc(C)nc1N)OCC. The molecule has 0 saturated heterocycles. The lowest BCUT2D eigenvalue weighted by atomic mass is 10.2. The Morgan fingerprint density at radius 3 is 2.35 bits per heavy atom. The minimum Gasteiger partial charge on any atom is -0.383 e. The summed E-state index contributed by atoms with van der Waals surface area (Å²) in [5, 5.41) is 5.48. The van der Waals surface area contributed by atoms with Gasteiger partial charge in [0.25, 0.3) is 0 Å². The first-order valence-corrected chi connectivity index (χ1v) is 9.97. The molecule has 1 aromatic heterocycles. The van der Waals surface area contributed by atoms with E-state index in [1.54, 1.807) is 13.1 Å². The molecule has 1 heterocycles. The number of nitrogen functional groups attached to an aromatic ring is 1. The van der Waals surface area contributed by atoms with Crippen molar-refractivity contribution in [2.45, 2.75) is 40.2 Å². The van der Waals surface area contributed by atoms with Crippen LogP contribution in [0.5, 0.6) is 0 Å². The Bertz CT molecular complexity index is 582. The van der Waals surface area contributed by atoms with Gasteiger partial charge in [0.1, 0.15) is 11.6 Å². The van der Waals surface area contributed by atoms with Crippen LogP contribution in [0.2, 0.25) is 0 Å². The Morgan fingerprint density at radius 2 is 1.77 bits per heavy atom. The fraction of sp³-hybridized carbons (Fsp3) is 0.625. The van der Waals surface area contributed by atoms with Gasteiger partial charge in [-0.2, -0.15) is 0 Å². The van der Waals surface area contributed by atoms with Crippen LogP contribution >= 0.6 is 8.38 Å². The molecule has 0 aromatic carbocycles. The van der Waals surface area contributed by atoms with E-state index in [1.807, 2.05) is 13.8 Å². The Kier molecular flexibility index (Phi) is 10.7. The standard InChI is InChI=1S/C16H28N5O4P/c1-4-24-26(25-5-2)9-8-18-14(22)6-7-15(23)20-11-13-10-19-12(3)21-16(13)17/h10H,4-9,11H2,1-3H3,(H,18,22)(H,20,23)(H2,17,19,21). The molecule has 146 valence electrons. The number of aromatic nitrogens is 2. The number of hydrogen-bond donors (Lipinski definition) is 3. The fourth-order valence-corrected chi connectivity index (χ4v) is 3.19. The van der Waals surface area contributed by atoms with Gasteiger partial charge in [-0.1, -0.05) is 0 Å². The average molecular weight is 385 g/mol. The van der Waals surface area contributed by atoms with Gasteiger partial charge in [-0.05, 0) is 20.8 Å². The van der Waals surface area contributed by atoms with Gasteiger partial charge >= 0.3 is 0 Å². The Labute approximate surface area is 155 Å². The first-order valence-electron chi connectivity index (χ1n) is 8.61. The van der Waals surface area contributed by atoms with Crippen LogP contribution in [0, 0.1) is 6.92 Å². The van der Waals surface area contributed by atoms with E-state index < -0.39 is 8.38 Å². The van der Waals surface area contributed by atoms with Crippen molar-refractivity contribution in [2.24, 2.45) is 0 Å². The number of nitrogens with two attached hydrogens (primary N) is 1. The zero-order valence-corrected chi connectivity index (χ0v) is 16.5. The van der Waals surface area contributed by atoms with Gasteiger partial charge in [-0.15, -0.1) is 0 Å². The van der Waals surface area contributed by atoms with Crippen LogP contribution < -0.4 is 16.4 Å². The number of aryl methyl sites for hydroxylation is 1. The molecule has 10 heteroatoms. The van der Waals surface area contributed by atoms with Gasteiger partial charge < -0.3 is 25.4 Å². The second-order valence-corrected chi connectivity index (χ2v) is 6.98. The maximum Gasteiger partial charge on any atom is 0.220 e. The van der Waals surface area contributed by atoms with Crippen LogP contribution in [-0.4, -0.2) is 47.7 Å². The maximum atomic E-state index is 11.8. The predicted molar refractivity (Wildman–Crippen MR) is 100 cm³/mol. The molecule has 0 aliphatic heterocycles. The molecule has 2 amide bonds. The van der Waals surface area contributed by atoms with E-state index in [0.717, 1.165) is 0 Å². The van der Waals surface area contributed by atoms with Crippen LogP contribution in [0.25, 0.3) is 0 Å². The van der Waals surface area contributed by atoms with E-state index in [9.17, 15) is 9.59 Å². The molecule has 0 aliphatic rings. The number of amides is 2. The maximum absolute atomic E-state index is 11.8. The topological polar surface area (TPSA) is 128 Å². The molecule has 0 fully saturated rings. The van der Waals surface area contributed by atoms with Gasteiger partial charge in [0, 0.05) is 43.9 Å². The Balaban J connectivity index is 2.22. The first kappa shape index (κ1) is 22.2. The van der Waals surface area contributed by atoms with Crippen molar-refractivity contribution in [3.8, 4) is 0 Å². The quantitative estimate of drug-likeness (QED) is 0.462. The third-order valence-corrected chi connectivity index (χ3v) is 4.92. The number of hydrogen-bond acceptors (Lipinski definition) is 7. The van der Waals surface area contributed by atoms with Crippen molar-refractivity contribution in [3.63, 3.8) is 0 Å². The molecular weight excluding hydrogens is 357 g/mol. The monoisotopic (exact) mass is 385 g/mol. The molecule has 0 unspecified atom stereocenters. The molecule has 1 aromatic rings. The highest BCUT2D eigenvalue weighted by molar-refractivity contribution is 7.47. The van der Waals surface area contributed by atoms with Crippen LogP contribution in [0.15, 0.2) is 6.20 Å². The van der Waals surface area contributed by atoms with Crippen molar-refractivity contribution in [1.82, 2.24) is 20.6 Å². The van der Waals surface area contributed by atoms with Gasteiger partial charge in [-0.25, -0.2) is 9.97 Å². The molecule has 0 atom stereocenters. The summed E-state index contributed by atoms with van der Waals surface area (Å²) in [5.41, 5.74) is 6.41. The molecule has 0 spiro atoms. The third-order valence-electron chi connectivity index (χ3n) is 3.24. The summed E-state index contributed by atoms with van der Waals surface area (Å²) >= 11 is 0. The molecule has 26 heavy (non-hydrogen) atoms. The van der Waals surface area contributed by atoms with Crippen molar-refractivity contribution in [1.29, 1.82) is 0 Å². The molecule has 0 aliphatic carbocycles. The van der Waals surface area contributed by atoms with Crippen molar-refractivity contribution in [3.05, 3.63) is 17.6 Å². The largest absolute Gasteiger partial charge is 0.383 e. The van der Waals surface area contributed by atoms with Crippen LogP contribution in [0.4, 0.5) is 5.82 Å². The Hall–Kier alpha value is -1.83. The third kappa shape index (κ3) is 9.03. The smallest absolute Gasteiger partial charge is 0.220 e. The normalized spacial score (nSPS) is 10.8. The van der Waals surface area contributed by atoms with E-state index in [-0.39, 0.29) is 31.2 Å². The first-order chi connectivity index (χ1) is 12.5. The summed E-state index contributed by atoms with van der Waals surface area (Å²) in [7, 11) is -0.968. The Morgan fingerprint density at radius 1 is 1.15 bits per heavy atom. The van der Waals surface area contributed by atoms with E-state index in [4.69, 9.17) is 14.8 Å². The highest BCUT2D eigenvalue weighted by Gasteiger charge is 2.11. The number of rotatable bonds is 12. The van der Waals surface area contributed by atoms with Gasteiger partial charge in [0.15, 0.2) is 8.38 Å². The highest BCUT2D eigenvalue weighted by Crippen LogP contribution is 2.36. The van der Waals surface area contributed by atoms with Gasteiger partial charge in [0.2, 0.25) is 11.8 Å². The van der Waals surface area contributed by atoms with Crippen molar-refractivity contribution in [2.75, 3.05) is 31.7 Å². The summed E-state index contributed by atoms with van der Waals surface area (Å²) in [6.07, 6.45) is 2.43. The highest BCUT2D eigenvalue weighted by atomic mass is 31.2. The molecule has 1 rings (SSSR count).